The lowest BCUT2D eigenvalue weighted by atomic mass is 10.3. The van der Waals surface area contributed by atoms with E-state index in [4.69, 9.17) is 0 Å². The molecule has 0 unspecified atom stereocenters. The Labute approximate surface area is 67.8 Å². The zero-order chi connectivity index (χ0) is 9.91. The second-order valence-corrected chi connectivity index (χ2v) is 1.37. The van der Waals surface area contributed by atoms with Gasteiger partial charge in [-0.3, -0.25) is 0 Å². The third kappa shape index (κ3) is 41.4. The van der Waals surface area contributed by atoms with E-state index in [-0.39, 0.29) is 6.42 Å². The number of halogens is 3. The smallest absolute Gasteiger partial charge is 0.171 e. The van der Waals surface area contributed by atoms with E-state index in [0.717, 1.165) is 0 Å². The van der Waals surface area contributed by atoms with Crippen LogP contribution in [0.1, 0.15) is 47.5 Å². The van der Waals surface area contributed by atoms with Crippen LogP contribution in [0.3, 0.4) is 0 Å². The summed E-state index contributed by atoms with van der Waals surface area (Å²) in [6, 6.07) is 0. The summed E-state index contributed by atoms with van der Waals surface area (Å²) >= 11 is 0. The molecule has 3 heteroatoms. The summed E-state index contributed by atoms with van der Waals surface area (Å²) in [5, 5.41) is 0. The number of alkyl halides is 3. The topological polar surface area (TPSA) is 0 Å². The minimum absolute atomic E-state index is 0.184. The molecule has 0 saturated heterocycles. The Morgan fingerprint density at radius 3 is 1.18 bits per heavy atom. The van der Waals surface area contributed by atoms with Gasteiger partial charge in [0, 0.05) is 6.42 Å². The summed E-state index contributed by atoms with van der Waals surface area (Å²) in [6.45, 7) is 9.51. The number of hydrogen-bond donors (Lipinski definition) is 0. The fourth-order valence-corrected chi connectivity index (χ4v) is 0.283. The Morgan fingerprint density at radius 2 is 1.18 bits per heavy atom. The summed E-state index contributed by atoms with van der Waals surface area (Å²) in [7, 11) is 0. The predicted molar refractivity (Wildman–Crippen MR) is 43.7 cm³/mol. The van der Waals surface area contributed by atoms with Crippen LogP contribution < -0.4 is 0 Å². The predicted octanol–water partition coefficient (Wildman–Crippen LogP) is 4.40. The molecule has 0 aliphatic rings. The summed E-state index contributed by atoms with van der Waals surface area (Å²) in [5.74, 6) is 0. The van der Waals surface area contributed by atoms with Crippen molar-refractivity contribution < 1.29 is 13.2 Å². The molecule has 0 aromatic heterocycles. The first-order chi connectivity index (χ1) is 5.06. The molecular formula is C8H19F3. The Bertz CT molecular complexity index is 47.8. The molecule has 0 N–H and O–H groups in total. The molecule has 0 amide bonds. The van der Waals surface area contributed by atoms with E-state index in [1.165, 1.54) is 6.92 Å². The maximum Gasteiger partial charge on any atom is 0.389 e. The molecule has 0 saturated carbocycles. The average molecular weight is 172 g/mol. The second-order valence-electron chi connectivity index (χ2n) is 1.37. The van der Waals surface area contributed by atoms with Crippen molar-refractivity contribution in [1.29, 1.82) is 0 Å². The first-order valence-corrected chi connectivity index (χ1v) is 4.13. The van der Waals surface area contributed by atoms with Gasteiger partial charge in [-0.05, 0) is 6.42 Å². The number of rotatable bonds is 1. The van der Waals surface area contributed by atoms with Crippen molar-refractivity contribution in [2.24, 2.45) is 0 Å². The molecule has 0 aromatic rings. The molecular weight excluding hydrogens is 153 g/mol. The lowest BCUT2D eigenvalue weighted by molar-refractivity contribution is -0.134. The van der Waals surface area contributed by atoms with Crippen LogP contribution in [0.4, 0.5) is 13.2 Å². The maximum atomic E-state index is 11.1. The fourth-order valence-electron chi connectivity index (χ4n) is 0.283. The molecule has 11 heavy (non-hydrogen) atoms. The third-order valence-corrected chi connectivity index (χ3v) is 0.533. The van der Waals surface area contributed by atoms with Crippen LogP contribution >= 0.6 is 0 Å². The van der Waals surface area contributed by atoms with E-state index in [2.05, 4.69) is 0 Å². The Balaban J connectivity index is -0.000000138. The first-order valence-electron chi connectivity index (χ1n) is 4.13. The van der Waals surface area contributed by atoms with Gasteiger partial charge in [0.05, 0.1) is 0 Å². The van der Waals surface area contributed by atoms with Gasteiger partial charge in [-0.15, -0.1) is 0 Å². The van der Waals surface area contributed by atoms with Gasteiger partial charge in [-0.2, -0.15) is 13.2 Å². The minimum atomic E-state index is -3.95. The largest absolute Gasteiger partial charge is 0.389 e. The van der Waals surface area contributed by atoms with Gasteiger partial charge < -0.3 is 0 Å². The molecule has 0 bridgehead atoms. The van der Waals surface area contributed by atoms with Crippen molar-refractivity contribution in [2.45, 2.75) is 53.6 Å². The van der Waals surface area contributed by atoms with Crippen LogP contribution in [0.2, 0.25) is 0 Å². The van der Waals surface area contributed by atoms with Crippen molar-refractivity contribution in [3.05, 3.63) is 0 Å². The van der Waals surface area contributed by atoms with Crippen molar-refractivity contribution in [1.82, 2.24) is 0 Å². The summed E-state index contributed by atoms with van der Waals surface area (Å²) in [4.78, 5) is 0. The second kappa shape index (κ2) is 12.5. The molecule has 0 atom stereocenters. The van der Waals surface area contributed by atoms with Gasteiger partial charge in [-0.1, -0.05) is 34.6 Å². The van der Waals surface area contributed by atoms with Crippen LogP contribution in [-0.4, -0.2) is 6.18 Å². The lowest BCUT2D eigenvalue weighted by Gasteiger charge is -2.00. The summed E-state index contributed by atoms with van der Waals surface area (Å²) in [5.41, 5.74) is 0. The fraction of sp³-hybridized carbons (Fsp3) is 1.00. The van der Waals surface area contributed by atoms with Crippen LogP contribution in [0, 0.1) is 0 Å². The average Bonchev–Trinajstić information content (AvgIpc) is 1.94. The van der Waals surface area contributed by atoms with E-state index in [1.807, 2.05) is 27.7 Å². The van der Waals surface area contributed by atoms with E-state index < -0.39 is 12.6 Å². The normalized spacial score (nSPS) is 8.73. The molecule has 0 aliphatic carbocycles. The molecule has 72 valence electrons. The van der Waals surface area contributed by atoms with Crippen LogP contribution in [0.15, 0.2) is 0 Å². The summed E-state index contributed by atoms with van der Waals surface area (Å²) < 4.78 is 33.2. The molecule has 0 nitrogen and oxygen atoms in total. The van der Waals surface area contributed by atoms with Crippen molar-refractivity contribution in [3.63, 3.8) is 0 Å². The quantitative estimate of drug-likeness (QED) is 0.550. The third-order valence-electron chi connectivity index (χ3n) is 0.533. The molecule has 0 fully saturated rings. The highest BCUT2D eigenvalue weighted by Gasteiger charge is 2.24. The Morgan fingerprint density at radius 1 is 0.909 bits per heavy atom. The highest BCUT2D eigenvalue weighted by molar-refractivity contribution is 4.44. The lowest BCUT2D eigenvalue weighted by Crippen LogP contribution is -2.04. The molecule has 0 heterocycles. The van der Waals surface area contributed by atoms with Gasteiger partial charge >= 0.3 is 6.18 Å². The van der Waals surface area contributed by atoms with Gasteiger partial charge in [0.2, 0.25) is 0 Å². The van der Waals surface area contributed by atoms with Crippen LogP contribution in [0.5, 0.6) is 0 Å². The molecule has 0 aliphatic heterocycles. The standard InChI is InChI=1S/C4H7F3.2C2H6/c1-2-3-4(5,6)7;2*1-2/h2-3H2,1H3;2*1-2H3. The van der Waals surface area contributed by atoms with Gasteiger partial charge in [-0.25, -0.2) is 0 Å². The summed E-state index contributed by atoms with van der Waals surface area (Å²) in [6.07, 6.45) is -4.43. The van der Waals surface area contributed by atoms with Gasteiger partial charge in [0.25, 0.3) is 0 Å². The van der Waals surface area contributed by atoms with Crippen LogP contribution in [-0.2, 0) is 0 Å². The van der Waals surface area contributed by atoms with Gasteiger partial charge in [0.15, 0.2) is 0 Å². The Kier molecular flexibility index (Phi) is 19.3. The van der Waals surface area contributed by atoms with Gasteiger partial charge in [0.1, 0.15) is 0 Å². The highest BCUT2D eigenvalue weighted by Crippen LogP contribution is 2.20. The first kappa shape index (κ1) is 17.0. The zero-order valence-electron chi connectivity index (χ0n) is 8.05. The SMILES string of the molecule is CC.CC.CCCC(F)(F)F. The molecule has 0 spiro atoms. The molecule has 0 radical (unpaired) electrons. The van der Waals surface area contributed by atoms with E-state index in [0.29, 0.717) is 0 Å². The molecule has 0 rings (SSSR count). The van der Waals surface area contributed by atoms with E-state index >= 15 is 0 Å². The monoisotopic (exact) mass is 172 g/mol. The minimum Gasteiger partial charge on any atom is -0.171 e. The zero-order valence-corrected chi connectivity index (χ0v) is 8.05. The maximum absolute atomic E-state index is 11.1. The van der Waals surface area contributed by atoms with Crippen molar-refractivity contribution >= 4 is 0 Å². The molecule has 0 aromatic carbocycles. The van der Waals surface area contributed by atoms with E-state index in [1.54, 1.807) is 0 Å². The Hall–Kier alpha value is -0.210. The highest BCUT2D eigenvalue weighted by atomic mass is 19.4. The van der Waals surface area contributed by atoms with Crippen LogP contribution in [0.25, 0.3) is 0 Å². The van der Waals surface area contributed by atoms with E-state index in [9.17, 15) is 13.2 Å². The number of hydrogen-bond acceptors (Lipinski definition) is 0. The van der Waals surface area contributed by atoms with Crippen molar-refractivity contribution in [3.8, 4) is 0 Å². The van der Waals surface area contributed by atoms with Crippen molar-refractivity contribution in [2.75, 3.05) is 0 Å².